The molecule has 1 aromatic rings. The van der Waals surface area contributed by atoms with E-state index in [2.05, 4.69) is 0 Å². The molecule has 4 nitrogen and oxygen atoms in total. The minimum absolute atomic E-state index is 0.142. The van der Waals surface area contributed by atoms with Crippen molar-refractivity contribution in [1.29, 1.82) is 0 Å². The normalized spacial score (nSPS) is 18.4. The van der Waals surface area contributed by atoms with Crippen molar-refractivity contribution >= 4 is 10.8 Å². The fourth-order valence-electron chi connectivity index (χ4n) is 2.34. The minimum Gasteiger partial charge on any atom is -0.259 e. The Morgan fingerprint density at radius 1 is 1.32 bits per heavy atom. The highest BCUT2D eigenvalue weighted by atomic mass is 32.2. The quantitative estimate of drug-likeness (QED) is 0.614. The highest BCUT2D eigenvalue weighted by Gasteiger charge is 2.29. The van der Waals surface area contributed by atoms with Gasteiger partial charge >= 0.3 is 0 Å². The van der Waals surface area contributed by atoms with E-state index in [4.69, 9.17) is 0 Å². The number of rotatable bonds is 5. The molecule has 19 heavy (non-hydrogen) atoms. The van der Waals surface area contributed by atoms with E-state index >= 15 is 0 Å². The van der Waals surface area contributed by atoms with Crippen molar-refractivity contribution < 1.29 is 9.13 Å². The van der Waals surface area contributed by atoms with Gasteiger partial charge in [-0.15, -0.1) is 0 Å². The van der Waals surface area contributed by atoms with Crippen LogP contribution in [0.25, 0.3) is 0 Å². The molecule has 1 aliphatic rings. The van der Waals surface area contributed by atoms with Crippen LogP contribution in [0.15, 0.2) is 40.9 Å². The lowest BCUT2D eigenvalue weighted by Crippen LogP contribution is -2.10. The third-order valence-corrected chi connectivity index (χ3v) is 5.20. The predicted octanol–water partition coefficient (Wildman–Crippen LogP) is 3.21. The third-order valence-electron chi connectivity index (χ3n) is 3.40. The molecule has 0 bridgehead atoms. The number of benzene rings is 1. The molecule has 0 saturated carbocycles. The Morgan fingerprint density at radius 3 is 2.63 bits per heavy atom. The Bertz CT molecular complexity index is 525. The molecule has 0 fully saturated rings. The van der Waals surface area contributed by atoms with Crippen LogP contribution >= 0.6 is 0 Å². The summed E-state index contributed by atoms with van der Waals surface area (Å²) in [6, 6.07) is 9.84. The summed E-state index contributed by atoms with van der Waals surface area (Å²) in [6.45, 7) is 2.01. The molecule has 2 rings (SSSR count). The Hall–Kier alpha value is -1.49. The summed E-state index contributed by atoms with van der Waals surface area (Å²) in [7, 11) is -1.24. The van der Waals surface area contributed by atoms with Crippen LogP contribution in [0.5, 0.6) is 0 Å². The first kappa shape index (κ1) is 13.9. The standard InChI is InChI=1S/C14H17NO3S/c1-11(12-6-3-2-4-7-12)10-19(18)14-9-5-8-13(14)15(16)17/h2-4,6-7,11H,5,8-10H2,1H3/t11-,19?/m1/s1. The Kier molecular flexibility index (Phi) is 4.47. The maximum Gasteiger partial charge on any atom is 0.258 e. The maximum atomic E-state index is 12.3. The molecule has 0 N–H and O–H groups in total. The van der Waals surface area contributed by atoms with Gasteiger partial charge in [-0.05, 0) is 24.3 Å². The molecule has 5 heteroatoms. The van der Waals surface area contributed by atoms with Crippen LogP contribution in [0.3, 0.4) is 0 Å². The predicted molar refractivity (Wildman–Crippen MR) is 75.7 cm³/mol. The van der Waals surface area contributed by atoms with E-state index < -0.39 is 10.8 Å². The van der Waals surface area contributed by atoms with Gasteiger partial charge in [0.1, 0.15) is 0 Å². The van der Waals surface area contributed by atoms with Crippen LogP contribution in [0.2, 0.25) is 0 Å². The SMILES string of the molecule is C[C@H](CS(=O)C1=C([N+](=O)[O-])CCC1)c1ccccc1. The zero-order chi connectivity index (χ0) is 13.8. The largest absolute Gasteiger partial charge is 0.259 e. The van der Waals surface area contributed by atoms with Crippen molar-refractivity contribution in [2.45, 2.75) is 32.1 Å². The lowest BCUT2D eigenvalue weighted by atomic mass is 10.0. The van der Waals surface area contributed by atoms with Gasteiger partial charge in [0.2, 0.25) is 0 Å². The van der Waals surface area contributed by atoms with Crippen molar-refractivity contribution in [1.82, 2.24) is 0 Å². The molecule has 0 aromatic heterocycles. The molecule has 1 unspecified atom stereocenters. The van der Waals surface area contributed by atoms with Gasteiger partial charge < -0.3 is 0 Å². The zero-order valence-electron chi connectivity index (χ0n) is 10.9. The fraction of sp³-hybridized carbons (Fsp3) is 0.429. The molecular weight excluding hydrogens is 262 g/mol. The van der Waals surface area contributed by atoms with Crippen molar-refractivity contribution in [3.05, 3.63) is 56.6 Å². The minimum atomic E-state index is -1.24. The smallest absolute Gasteiger partial charge is 0.258 e. The van der Waals surface area contributed by atoms with Gasteiger partial charge in [0.25, 0.3) is 5.70 Å². The molecule has 0 spiro atoms. The zero-order valence-corrected chi connectivity index (χ0v) is 11.7. The van der Waals surface area contributed by atoms with Crippen LogP contribution in [-0.4, -0.2) is 14.9 Å². The molecular formula is C14H17NO3S. The molecule has 1 aliphatic carbocycles. The first-order chi connectivity index (χ1) is 9.09. The molecule has 2 atom stereocenters. The summed E-state index contributed by atoms with van der Waals surface area (Å²) in [5.74, 6) is 0.597. The van der Waals surface area contributed by atoms with Crippen LogP contribution in [0.1, 0.15) is 37.7 Å². The van der Waals surface area contributed by atoms with Crippen molar-refractivity contribution in [3.63, 3.8) is 0 Å². The van der Waals surface area contributed by atoms with Gasteiger partial charge in [-0.3, -0.25) is 14.3 Å². The van der Waals surface area contributed by atoms with Crippen LogP contribution in [-0.2, 0) is 10.8 Å². The summed E-state index contributed by atoms with van der Waals surface area (Å²) in [6.07, 6.45) is 1.80. The summed E-state index contributed by atoms with van der Waals surface area (Å²) < 4.78 is 12.3. The van der Waals surface area contributed by atoms with E-state index in [1.54, 1.807) is 0 Å². The van der Waals surface area contributed by atoms with Crippen molar-refractivity contribution in [3.8, 4) is 0 Å². The van der Waals surface area contributed by atoms with E-state index in [-0.39, 0.29) is 16.5 Å². The number of nitrogens with zero attached hydrogens (tertiary/aromatic N) is 1. The van der Waals surface area contributed by atoms with E-state index in [0.717, 1.165) is 12.0 Å². The van der Waals surface area contributed by atoms with Gasteiger partial charge in [0.15, 0.2) is 0 Å². The second-order valence-corrected chi connectivity index (χ2v) is 6.32. The van der Waals surface area contributed by atoms with Crippen LogP contribution < -0.4 is 0 Å². The lowest BCUT2D eigenvalue weighted by molar-refractivity contribution is -0.427. The molecule has 0 heterocycles. The number of nitro groups is 1. The van der Waals surface area contributed by atoms with Gasteiger partial charge in [0.05, 0.1) is 20.6 Å². The number of hydrogen-bond acceptors (Lipinski definition) is 3. The monoisotopic (exact) mass is 279 g/mol. The number of allylic oxidation sites excluding steroid dienone is 2. The number of hydrogen-bond donors (Lipinski definition) is 0. The first-order valence-electron chi connectivity index (χ1n) is 6.39. The maximum absolute atomic E-state index is 12.3. The van der Waals surface area contributed by atoms with Crippen molar-refractivity contribution in [2.24, 2.45) is 0 Å². The highest BCUT2D eigenvalue weighted by molar-refractivity contribution is 7.89. The van der Waals surface area contributed by atoms with E-state index in [1.807, 2.05) is 37.3 Å². The van der Waals surface area contributed by atoms with Gasteiger partial charge in [-0.1, -0.05) is 37.3 Å². The molecule has 0 amide bonds. The fourth-order valence-corrected chi connectivity index (χ4v) is 4.00. The second kappa shape index (κ2) is 6.10. The molecule has 0 saturated heterocycles. The van der Waals surface area contributed by atoms with E-state index in [0.29, 0.717) is 23.5 Å². The molecule has 102 valence electrons. The summed E-state index contributed by atoms with van der Waals surface area (Å²) >= 11 is 0. The van der Waals surface area contributed by atoms with E-state index in [1.165, 1.54) is 0 Å². The van der Waals surface area contributed by atoms with Crippen molar-refractivity contribution in [2.75, 3.05) is 5.75 Å². The Morgan fingerprint density at radius 2 is 2.00 bits per heavy atom. The summed E-state index contributed by atoms with van der Waals surface area (Å²) in [5.41, 5.74) is 1.30. The second-order valence-electron chi connectivity index (χ2n) is 4.80. The molecule has 0 radical (unpaired) electrons. The topological polar surface area (TPSA) is 60.2 Å². The Balaban J connectivity index is 2.10. The summed E-state index contributed by atoms with van der Waals surface area (Å²) in [4.78, 5) is 11.1. The van der Waals surface area contributed by atoms with E-state index in [9.17, 15) is 14.3 Å². The average Bonchev–Trinajstić information content (AvgIpc) is 2.89. The Labute approximate surface area is 115 Å². The third kappa shape index (κ3) is 3.29. The average molecular weight is 279 g/mol. The van der Waals surface area contributed by atoms with Gasteiger partial charge in [-0.25, -0.2) is 0 Å². The lowest BCUT2D eigenvalue weighted by Gasteiger charge is -2.11. The first-order valence-corrected chi connectivity index (χ1v) is 7.71. The highest BCUT2D eigenvalue weighted by Crippen LogP contribution is 2.30. The van der Waals surface area contributed by atoms with Gasteiger partial charge in [-0.2, -0.15) is 0 Å². The molecule has 1 aromatic carbocycles. The molecule has 0 aliphatic heterocycles. The van der Waals surface area contributed by atoms with Gasteiger partial charge in [0, 0.05) is 12.2 Å². The van der Waals surface area contributed by atoms with Crippen LogP contribution in [0.4, 0.5) is 0 Å². The van der Waals surface area contributed by atoms with Crippen LogP contribution in [0, 0.1) is 10.1 Å². The summed E-state index contributed by atoms with van der Waals surface area (Å²) in [5, 5.41) is 10.9.